The van der Waals surface area contributed by atoms with Gasteiger partial charge in [-0.3, -0.25) is 0 Å². The van der Waals surface area contributed by atoms with Crippen molar-refractivity contribution in [2.45, 2.75) is 25.7 Å². The molecular weight excluding hydrogens is 350 g/mol. The van der Waals surface area contributed by atoms with Crippen LogP contribution < -0.4 is 4.90 Å². The predicted molar refractivity (Wildman–Crippen MR) is 122 cm³/mol. The molecule has 8 rings (SSSR count). The van der Waals surface area contributed by atoms with Gasteiger partial charge in [0.25, 0.3) is 0 Å². The van der Waals surface area contributed by atoms with E-state index in [0.717, 1.165) is 25.7 Å². The molecular formula is C28H25N. The second kappa shape index (κ2) is 7.97. The summed E-state index contributed by atoms with van der Waals surface area (Å²) >= 11 is 0. The van der Waals surface area contributed by atoms with Crippen LogP contribution in [0.1, 0.15) is 22.3 Å². The summed E-state index contributed by atoms with van der Waals surface area (Å²) in [5.74, 6) is 0. The number of anilines is 3. The highest BCUT2D eigenvalue weighted by Gasteiger charge is 2.17. The van der Waals surface area contributed by atoms with E-state index >= 15 is 0 Å². The van der Waals surface area contributed by atoms with Crippen molar-refractivity contribution in [2.24, 2.45) is 0 Å². The zero-order valence-corrected chi connectivity index (χ0v) is 16.6. The maximum absolute atomic E-state index is 2.41. The first-order valence-electron chi connectivity index (χ1n) is 10.5. The van der Waals surface area contributed by atoms with Gasteiger partial charge in [-0.15, -0.1) is 0 Å². The summed E-state index contributed by atoms with van der Waals surface area (Å²) in [7, 11) is 0. The standard InChI is InChI=1S/C28H25N/c1-3-7-26(8-4-1)29(27-9-5-2-6-10-27)28-21-24-16-15-22-11-13-23(14-12-22)17-19-25(28)20-18-24/h1-14,18,20-21H,15-17,19H2. The van der Waals surface area contributed by atoms with Crippen LogP contribution in [0.5, 0.6) is 0 Å². The third-order valence-corrected chi connectivity index (χ3v) is 5.83. The van der Waals surface area contributed by atoms with E-state index in [9.17, 15) is 0 Å². The van der Waals surface area contributed by atoms with E-state index in [2.05, 4.69) is 108 Å². The monoisotopic (exact) mass is 375 g/mol. The molecule has 0 amide bonds. The first-order chi connectivity index (χ1) is 14.4. The normalized spacial score (nSPS) is 13.0. The lowest BCUT2D eigenvalue weighted by Crippen LogP contribution is -2.13. The molecule has 4 aliphatic rings. The molecule has 142 valence electrons. The van der Waals surface area contributed by atoms with Crippen LogP contribution in [0, 0.1) is 0 Å². The van der Waals surface area contributed by atoms with Crippen molar-refractivity contribution in [2.75, 3.05) is 4.90 Å². The van der Waals surface area contributed by atoms with Crippen LogP contribution in [0.3, 0.4) is 0 Å². The summed E-state index contributed by atoms with van der Waals surface area (Å²) in [5, 5.41) is 0. The lowest BCUT2D eigenvalue weighted by Gasteiger charge is -2.28. The number of nitrogens with zero attached hydrogens (tertiary/aromatic N) is 1. The van der Waals surface area contributed by atoms with Gasteiger partial charge in [-0.2, -0.15) is 0 Å². The molecule has 0 spiro atoms. The van der Waals surface area contributed by atoms with E-state index < -0.39 is 0 Å². The molecule has 0 fully saturated rings. The molecule has 29 heavy (non-hydrogen) atoms. The third-order valence-electron chi connectivity index (χ3n) is 5.83. The smallest absolute Gasteiger partial charge is 0.0496 e. The Hall–Kier alpha value is -3.32. The average molecular weight is 376 g/mol. The SMILES string of the molecule is c1ccc(N(c2ccccc2)c2cc3ccc2CCc2ccc(cc2)CC3)cc1. The zero-order valence-electron chi connectivity index (χ0n) is 16.6. The molecule has 0 N–H and O–H groups in total. The largest absolute Gasteiger partial charge is 0.310 e. The lowest BCUT2D eigenvalue weighted by atomic mass is 9.95. The van der Waals surface area contributed by atoms with Crippen molar-refractivity contribution in [3.8, 4) is 0 Å². The lowest BCUT2D eigenvalue weighted by molar-refractivity contribution is 0.919. The van der Waals surface area contributed by atoms with Crippen LogP contribution in [0.25, 0.3) is 0 Å². The topological polar surface area (TPSA) is 3.24 Å². The fraction of sp³-hybridized carbons (Fsp3) is 0.143. The highest BCUT2D eigenvalue weighted by atomic mass is 15.1. The molecule has 0 aliphatic heterocycles. The molecule has 1 nitrogen and oxygen atoms in total. The minimum Gasteiger partial charge on any atom is -0.310 e. The highest BCUT2D eigenvalue weighted by molar-refractivity contribution is 5.78. The summed E-state index contributed by atoms with van der Waals surface area (Å²) in [6, 6.07) is 37.7. The predicted octanol–water partition coefficient (Wildman–Crippen LogP) is 7.04. The van der Waals surface area contributed by atoms with Gasteiger partial charge >= 0.3 is 0 Å². The quantitative estimate of drug-likeness (QED) is 0.371. The van der Waals surface area contributed by atoms with Gasteiger partial charge in [0.2, 0.25) is 0 Å². The van der Waals surface area contributed by atoms with Gasteiger partial charge < -0.3 is 4.90 Å². The average Bonchev–Trinajstić information content (AvgIpc) is 2.78. The zero-order chi connectivity index (χ0) is 19.5. The van der Waals surface area contributed by atoms with Crippen LogP contribution >= 0.6 is 0 Å². The maximum Gasteiger partial charge on any atom is 0.0496 e. The number of para-hydroxylation sites is 2. The number of hydrogen-bond donors (Lipinski definition) is 0. The van der Waals surface area contributed by atoms with Crippen molar-refractivity contribution < 1.29 is 0 Å². The van der Waals surface area contributed by atoms with Crippen LogP contribution in [0.15, 0.2) is 103 Å². The van der Waals surface area contributed by atoms with E-state index in [1.807, 2.05) is 0 Å². The molecule has 1 heteroatoms. The molecule has 0 saturated carbocycles. The minimum atomic E-state index is 1.03. The molecule has 4 aromatic rings. The van der Waals surface area contributed by atoms with E-state index in [1.165, 1.54) is 39.3 Å². The Bertz CT molecular complexity index is 1040. The first kappa shape index (κ1) is 17.8. The Labute approximate surface area is 173 Å². The Morgan fingerprint density at radius 1 is 0.448 bits per heavy atom. The molecule has 4 bridgehead atoms. The van der Waals surface area contributed by atoms with Crippen molar-refractivity contribution >= 4 is 17.1 Å². The van der Waals surface area contributed by atoms with Gasteiger partial charge in [-0.05, 0) is 78.3 Å². The summed E-state index contributed by atoms with van der Waals surface area (Å²) in [5.41, 5.74) is 9.32. The highest BCUT2D eigenvalue weighted by Crippen LogP contribution is 2.37. The van der Waals surface area contributed by atoms with Crippen LogP contribution in [-0.4, -0.2) is 0 Å². The molecule has 0 atom stereocenters. The van der Waals surface area contributed by atoms with Gasteiger partial charge in [0, 0.05) is 17.1 Å². The first-order valence-corrected chi connectivity index (χ1v) is 10.5. The molecule has 0 unspecified atom stereocenters. The van der Waals surface area contributed by atoms with E-state index in [1.54, 1.807) is 0 Å². The van der Waals surface area contributed by atoms with E-state index in [-0.39, 0.29) is 0 Å². The summed E-state index contributed by atoms with van der Waals surface area (Å²) in [6.07, 6.45) is 4.23. The van der Waals surface area contributed by atoms with Gasteiger partial charge in [-0.1, -0.05) is 72.8 Å². The van der Waals surface area contributed by atoms with Gasteiger partial charge in [-0.25, -0.2) is 0 Å². The molecule has 0 aromatic heterocycles. The van der Waals surface area contributed by atoms with E-state index in [4.69, 9.17) is 0 Å². The second-order valence-electron chi connectivity index (χ2n) is 7.79. The molecule has 0 radical (unpaired) electrons. The molecule has 0 saturated heterocycles. The molecule has 4 aliphatic carbocycles. The maximum atomic E-state index is 2.41. The Morgan fingerprint density at radius 3 is 1.52 bits per heavy atom. The van der Waals surface area contributed by atoms with Crippen molar-refractivity contribution in [1.82, 2.24) is 0 Å². The van der Waals surface area contributed by atoms with Crippen molar-refractivity contribution in [3.05, 3.63) is 125 Å². The number of hydrogen-bond acceptors (Lipinski definition) is 1. The van der Waals surface area contributed by atoms with Gasteiger partial charge in [0.05, 0.1) is 0 Å². The Morgan fingerprint density at radius 2 is 0.931 bits per heavy atom. The minimum absolute atomic E-state index is 1.03. The van der Waals surface area contributed by atoms with Gasteiger partial charge in [0.1, 0.15) is 0 Å². The third kappa shape index (κ3) is 3.82. The summed E-state index contributed by atoms with van der Waals surface area (Å²) in [6.45, 7) is 0. The number of benzene rings is 4. The number of rotatable bonds is 3. The second-order valence-corrected chi connectivity index (χ2v) is 7.79. The van der Waals surface area contributed by atoms with Crippen molar-refractivity contribution in [3.63, 3.8) is 0 Å². The number of aryl methyl sites for hydroxylation is 4. The molecule has 0 heterocycles. The Balaban J connectivity index is 1.64. The fourth-order valence-electron chi connectivity index (χ4n) is 4.21. The van der Waals surface area contributed by atoms with Crippen LogP contribution in [-0.2, 0) is 25.7 Å². The van der Waals surface area contributed by atoms with Crippen LogP contribution in [0.4, 0.5) is 17.1 Å². The van der Waals surface area contributed by atoms with Crippen LogP contribution in [0.2, 0.25) is 0 Å². The van der Waals surface area contributed by atoms with Gasteiger partial charge in [0.15, 0.2) is 0 Å². The summed E-state index contributed by atoms with van der Waals surface area (Å²) < 4.78 is 0. The summed E-state index contributed by atoms with van der Waals surface area (Å²) in [4.78, 5) is 2.41. The van der Waals surface area contributed by atoms with E-state index in [0.29, 0.717) is 0 Å². The van der Waals surface area contributed by atoms with Crippen molar-refractivity contribution in [1.29, 1.82) is 0 Å². The Kier molecular flexibility index (Phi) is 4.88. The molecule has 4 aromatic carbocycles. The fourth-order valence-corrected chi connectivity index (χ4v) is 4.21.